The normalized spacial score (nSPS) is 13.5. The predicted octanol–water partition coefficient (Wildman–Crippen LogP) is 6.51. The van der Waals surface area contributed by atoms with Crippen LogP contribution in [-0.2, 0) is 0 Å². The van der Waals surface area contributed by atoms with Crippen molar-refractivity contribution < 1.29 is 4.42 Å². The van der Waals surface area contributed by atoms with Gasteiger partial charge in [-0.05, 0) is 64.2 Å². The van der Waals surface area contributed by atoms with E-state index >= 15 is 0 Å². The van der Waals surface area contributed by atoms with E-state index in [1.54, 1.807) is 0 Å². The number of hydrogen-bond acceptors (Lipinski definition) is 2. The van der Waals surface area contributed by atoms with Crippen LogP contribution < -0.4 is 5.19 Å². The van der Waals surface area contributed by atoms with Gasteiger partial charge in [0.1, 0.15) is 5.52 Å². The number of rotatable bonds is 4. The van der Waals surface area contributed by atoms with E-state index in [9.17, 15) is 0 Å². The third kappa shape index (κ3) is 3.71. The lowest BCUT2D eigenvalue weighted by Crippen LogP contribution is -2.24. The number of fused-ring (bicyclic) bond motifs is 1. The Labute approximate surface area is 195 Å². The summed E-state index contributed by atoms with van der Waals surface area (Å²) in [4.78, 5) is 4.85. The van der Waals surface area contributed by atoms with Crippen LogP contribution in [0.4, 0.5) is 0 Å². The summed E-state index contributed by atoms with van der Waals surface area (Å²) in [5, 5.41) is 1.35. The largest absolute Gasteiger partial charge is 0.436 e. The second-order valence-electron chi connectivity index (χ2n) is 8.51. The van der Waals surface area contributed by atoms with Crippen LogP contribution in [0.5, 0.6) is 0 Å². The molecule has 0 spiro atoms. The third-order valence-corrected chi connectivity index (χ3v) is 8.76. The number of aryl methyl sites for hydroxylation is 1. The number of hydrogen-bond donors (Lipinski definition) is 0. The minimum Gasteiger partial charge on any atom is -0.436 e. The summed E-state index contributed by atoms with van der Waals surface area (Å²) in [6, 6.07) is 37.4. The monoisotopic (exact) mass is 441 g/mol. The van der Waals surface area contributed by atoms with Crippen LogP contribution in [0.2, 0.25) is 6.04 Å². The molecule has 0 N–H and O–H groups in total. The maximum Gasteiger partial charge on any atom is 0.227 e. The SMILES string of the molecule is Cc1ccc2oc(-c3ccccc3[Si]3=CC(c4ccccc4)=C(c4ccccc4)C3)nc2c1. The van der Waals surface area contributed by atoms with Gasteiger partial charge in [-0.15, -0.1) is 0 Å². The summed E-state index contributed by atoms with van der Waals surface area (Å²) in [7, 11) is -1.00. The zero-order valence-electron chi connectivity index (χ0n) is 18.5. The first-order chi connectivity index (χ1) is 16.3. The lowest BCUT2D eigenvalue weighted by atomic mass is 9.97. The van der Waals surface area contributed by atoms with Gasteiger partial charge in [0.15, 0.2) is 5.58 Å². The molecular formula is C30H23NOSi. The van der Waals surface area contributed by atoms with E-state index < -0.39 is 8.41 Å². The van der Waals surface area contributed by atoms with E-state index in [1.165, 1.54) is 33.0 Å². The minimum absolute atomic E-state index is 0.714. The summed E-state index contributed by atoms with van der Waals surface area (Å²) in [6.07, 6.45) is 0. The van der Waals surface area contributed by atoms with Gasteiger partial charge in [-0.25, -0.2) is 4.98 Å². The van der Waals surface area contributed by atoms with Crippen LogP contribution in [0.1, 0.15) is 16.7 Å². The smallest absolute Gasteiger partial charge is 0.227 e. The van der Waals surface area contributed by atoms with Crippen LogP contribution in [0.25, 0.3) is 33.7 Å². The molecule has 158 valence electrons. The minimum atomic E-state index is -1.00. The molecule has 2 heterocycles. The Morgan fingerprint density at radius 2 is 1.45 bits per heavy atom. The fourth-order valence-electron chi connectivity index (χ4n) is 4.65. The van der Waals surface area contributed by atoms with Gasteiger partial charge in [-0.1, -0.05) is 90.6 Å². The Morgan fingerprint density at radius 1 is 0.758 bits per heavy atom. The number of oxazole rings is 1. The van der Waals surface area contributed by atoms with Crippen molar-refractivity contribution in [3.05, 3.63) is 120 Å². The molecular weight excluding hydrogens is 418 g/mol. The molecule has 3 heteroatoms. The van der Waals surface area contributed by atoms with Crippen molar-refractivity contribution in [2.45, 2.75) is 13.0 Å². The van der Waals surface area contributed by atoms with Crippen molar-refractivity contribution in [3.63, 3.8) is 0 Å². The maximum atomic E-state index is 6.21. The first-order valence-electron chi connectivity index (χ1n) is 11.3. The van der Waals surface area contributed by atoms with E-state index in [-0.39, 0.29) is 0 Å². The molecule has 4 aromatic carbocycles. The molecule has 0 saturated heterocycles. The van der Waals surface area contributed by atoms with Crippen LogP contribution >= 0.6 is 0 Å². The van der Waals surface area contributed by atoms with Gasteiger partial charge in [0.05, 0.1) is 8.41 Å². The summed E-state index contributed by atoms with van der Waals surface area (Å²) >= 11 is 0. The fourth-order valence-corrected chi connectivity index (χ4v) is 7.40. The molecule has 2 nitrogen and oxygen atoms in total. The summed E-state index contributed by atoms with van der Waals surface area (Å²) in [5.41, 5.74) is 12.0. The molecule has 0 amide bonds. The zero-order chi connectivity index (χ0) is 22.2. The highest BCUT2D eigenvalue weighted by atomic mass is 28.2. The lowest BCUT2D eigenvalue weighted by molar-refractivity contribution is 0.620. The number of nitrogens with zero attached hydrogens (tertiary/aromatic N) is 1. The van der Waals surface area contributed by atoms with Gasteiger partial charge < -0.3 is 4.42 Å². The number of allylic oxidation sites excluding steroid dienone is 2. The van der Waals surface area contributed by atoms with Crippen LogP contribution in [0.15, 0.2) is 108 Å². The topological polar surface area (TPSA) is 26.0 Å². The van der Waals surface area contributed by atoms with Crippen molar-refractivity contribution in [3.8, 4) is 11.5 Å². The molecule has 33 heavy (non-hydrogen) atoms. The molecule has 0 fully saturated rings. The number of aromatic nitrogens is 1. The first-order valence-corrected chi connectivity index (χ1v) is 13.1. The van der Waals surface area contributed by atoms with Gasteiger partial charge in [0.2, 0.25) is 5.89 Å². The lowest BCUT2D eigenvalue weighted by Gasteiger charge is -2.10. The molecule has 0 bridgehead atoms. The van der Waals surface area contributed by atoms with E-state index in [2.05, 4.69) is 110 Å². The van der Waals surface area contributed by atoms with Crippen LogP contribution in [0, 0.1) is 6.92 Å². The Morgan fingerprint density at radius 3 is 2.24 bits per heavy atom. The molecule has 0 aliphatic carbocycles. The molecule has 1 aliphatic rings. The quantitative estimate of drug-likeness (QED) is 0.297. The highest BCUT2D eigenvalue weighted by molar-refractivity contribution is 6.87. The van der Waals surface area contributed by atoms with Crippen molar-refractivity contribution in [1.82, 2.24) is 4.98 Å². The maximum absolute atomic E-state index is 6.21. The highest BCUT2D eigenvalue weighted by Crippen LogP contribution is 2.33. The van der Waals surface area contributed by atoms with E-state index in [4.69, 9.17) is 9.40 Å². The summed E-state index contributed by atoms with van der Waals surface area (Å²) in [5.74, 6) is 0.714. The van der Waals surface area contributed by atoms with Gasteiger partial charge >= 0.3 is 0 Å². The van der Waals surface area contributed by atoms with Crippen molar-refractivity contribution in [2.24, 2.45) is 0 Å². The molecule has 0 atom stereocenters. The Bertz CT molecular complexity index is 1530. The third-order valence-electron chi connectivity index (χ3n) is 6.26. The van der Waals surface area contributed by atoms with E-state index in [0.29, 0.717) is 5.89 Å². The average Bonchev–Trinajstić information content (AvgIpc) is 3.50. The van der Waals surface area contributed by atoms with Gasteiger partial charge in [-0.3, -0.25) is 0 Å². The molecule has 1 aromatic heterocycles. The number of benzene rings is 4. The van der Waals surface area contributed by atoms with Crippen molar-refractivity contribution >= 4 is 41.5 Å². The van der Waals surface area contributed by atoms with Crippen molar-refractivity contribution in [1.29, 1.82) is 0 Å². The second-order valence-corrected chi connectivity index (χ2v) is 10.7. The fraction of sp³-hybridized carbons (Fsp3) is 0.0667. The van der Waals surface area contributed by atoms with E-state index in [1.807, 2.05) is 6.07 Å². The van der Waals surface area contributed by atoms with Gasteiger partial charge in [0, 0.05) is 5.56 Å². The summed E-state index contributed by atoms with van der Waals surface area (Å²) < 4.78 is 6.21. The van der Waals surface area contributed by atoms with E-state index in [0.717, 1.165) is 22.7 Å². The molecule has 6 rings (SSSR count). The van der Waals surface area contributed by atoms with Crippen LogP contribution in [0.3, 0.4) is 0 Å². The van der Waals surface area contributed by atoms with Gasteiger partial charge in [0.25, 0.3) is 0 Å². The predicted molar refractivity (Wildman–Crippen MR) is 140 cm³/mol. The Balaban J connectivity index is 1.47. The molecule has 1 aliphatic heterocycles. The summed E-state index contributed by atoms with van der Waals surface area (Å²) in [6.45, 7) is 2.09. The first kappa shape index (κ1) is 19.8. The Hall–Kier alpha value is -3.82. The molecule has 0 radical (unpaired) electrons. The zero-order valence-corrected chi connectivity index (χ0v) is 19.5. The van der Waals surface area contributed by atoms with Crippen molar-refractivity contribution in [2.75, 3.05) is 0 Å². The van der Waals surface area contributed by atoms with Gasteiger partial charge in [-0.2, -0.15) is 0 Å². The molecule has 0 saturated carbocycles. The second kappa shape index (κ2) is 8.27. The molecule has 5 aromatic rings. The Kier molecular flexibility index (Phi) is 4.97. The molecule has 0 unspecified atom stereocenters. The van der Waals surface area contributed by atoms with Crippen LogP contribution in [-0.4, -0.2) is 19.1 Å². The standard InChI is InChI=1S/C30H23NOSi/c1-21-16-17-28-27(18-21)31-30(32-28)24-14-8-9-15-29(24)33-19-25(22-10-4-2-5-11-22)26(20-33)23-12-6-3-7-13-23/h2-19H,20H2,1H3. The average molecular weight is 442 g/mol. The highest BCUT2D eigenvalue weighted by Gasteiger charge is 2.23.